The summed E-state index contributed by atoms with van der Waals surface area (Å²) in [6.07, 6.45) is 5.94. The molecule has 8 heteroatoms. The van der Waals surface area contributed by atoms with Crippen molar-refractivity contribution >= 4 is 24.6 Å². The van der Waals surface area contributed by atoms with Gasteiger partial charge in [-0.1, -0.05) is 12.2 Å². The summed E-state index contributed by atoms with van der Waals surface area (Å²) in [5.74, 6) is -3.07. The fourth-order valence-corrected chi connectivity index (χ4v) is 3.25. The number of rotatable bonds is 3. The molecule has 3 rings (SSSR count). The Hall–Kier alpha value is -1.18. The highest BCUT2D eigenvalue weighted by Crippen LogP contribution is 2.41. The molecule has 0 aromatic carbocycles. The van der Waals surface area contributed by atoms with Crippen LogP contribution < -0.4 is 5.73 Å². The van der Waals surface area contributed by atoms with Crippen molar-refractivity contribution in [2.24, 2.45) is 5.73 Å². The number of ether oxygens (including phenoxy) is 1. The highest BCUT2D eigenvalue weighted by Gasteiger charge is 2.42. The molecule has 0 radical (unpaired) electrons. The van der Waals surface area contributed by atoms with Gasteiger partial charge in [0.25, 0.3) is 0 Å². The van der Waals surface area contributed by atoms with Gasteiger partial charge in [0.1, 0.15) is 6.61 Å². The normalized spacial score (nSPS) is 22.8. The molecule has 0 saturated carbocycles. The van der Waals surface area contributed by atoms with Crippen LogP contribution >= 0.6 is 24.6 Å². The molecule has 0 spiro atoms. The molecule has 0 bridgehead atoms. The quantitative estimate of drug-likeness (QED) is 0.823. The van der Waals surface area contributed by atoms with Crippen LogP contribution in [-0.2, 0) is 11.2 Å². The molecule has 1 aliphatic carbocycles. The largest absolute Gasteiger partial charge is 0.489 e. The van der Waals surface area contributed by atoms with Crippen molar-refractivity contribution in [3.63, 3.8) is 0 Å². The smallest absolute Gasteiger partial charge is 0.307 e. The van der Waals surface area contributed by atoms with Gasteiger partial charge in [0.2, 0.25) is 0 Å². The Morgan fingerprint density at radius 1 is 1.50 bits per heavy atom. The standard InChI is InChI=1S/C14H17F2N3OS.ClH/c15-14(16)4-1-2-9-6-11(8-20-12(9)14)19-10(3-5-17)7-18-13(19)21;/h1-2,7,11H,3-6,8,17H2,(H,18,21);1H/t11-;/m1./s1. The summed E-state index contributed by atoms with van der Waals surface area (Å²) in [5, 5.41) is 0. The summed E-state index contributed by atoms with van der Waals surface area (Å²) in [7, 11) is 0. The van der Waals surface area contributed by atoms with Crippen LogP contribution in [-0.4, -0.2) is 28.6 Å². The van der Waals surface area contributed by atoms with E-state index >= 15 is 0 Å². The number of nitrogens with one attached hydrogen (secondary N) is 1. The zero-order valence-corrected chi connectivity index (χ0v) is 13.5. The van der Waals surface area contributed by atoms with Gasteiger partial charge in [-0.25, -0.2) is 0 Å². The maximum atomic E-state index is 13.8. The molecule has 2 heterocycles. The second-order valence-electron chi connectivity index (χ2n) is 5.33. The number of aromatic amines is 1. The Morgan fingerprint density at radius 3 is 3.00 bits per heavy atom. The molecule has 1 aromatic rings. The first-order valence-corrected chi connectivity index (χ1v) is 7.33. The van der Waals surface area contributed by atoms with Crippen molar-refractivity contribution in [1.29, 1.82) is 0 Å². The molecular formula is C14H18ClF2N3OS. The summed E-state index contributed by atoms with van der Waals surface area (Å²) >= 11 is 5.29. The molecule has 1 atom stereocenters. The molecular weight excluding hydrogens is 332 g/mol. The van der Waals surface area contributed by atoms with Gasteiger partial charge in [0.05, 0.1) is 6.04 Å². The summed E-state index contributed by atoms with van der Waals surface area (Å²) < 4.78 is 35.5. The van der Waals surface area contributed by atoms with Gasteiger partial charge in [0, 0.05) is 31.2 Å². The van der Waals surface area contributed by atoms with Gasteiger partial charge >= 0.3 is 5.92 Å². The first kappa shape index (κ1) is 17.2. The fourth-order valence-electron chi connectivity index (χ4n) is 2.93. The van der Waals surface area contributed by atoms with Crippen LogP contribution in [0.2, 0.25) is 0 Å². The maximum Gasteiger partial charge on any atom is 0.307 e. The Morgan fingerprint density at radius 2 is 2.27 bits per heavy atom. The van der Waals surface area contributed by atoms with E-state index in [1.165, 1.54) is 6.08 Å². The predicted molar refractivity (Wildman–Crippen MR) is 85.0 cm³/mol. The van der Waals surface area contributed by atoms with Crippen LogP contribution in [0, 0.1) is 4.77 Å². The zero-order chi connectivity index (χ0) is 15.0. The molecule has 0 fully saturated rings. The van der Waals surface area contributed by atoms with E-state index in [0.29, 0.717) is 29.7 Å². The third kappa shape index (κ3) is 2.98. The Kier molecular flexibility index (Phi) is 5.09. The minimum Gasteiger partial charge on any atom is -0.489 e. The molecule has 2 aliphatic rings. The molecule has 0 saturated heterocycles. The lowest BCUT2D eigenvalue weighted by Gasteiger charge is -2.33. The predicted octanol–water partition coefficient (Wildman–Crippen LogP) is 3.28. The summed E-state index contributed by atoms with van der Waals surface area (Å²) in [6.45, 7) is 0.706. The fraction of sp³-hybridized carbons (Fsp3) is 0.500. The lowest BCUT2D eigenvalue weighted by molar-refractivity contribution is -0.0355. The molecule has 1 aliphatic heterocycles. The van der Waals surface area contributed by atoms with Gasteiger partial charge in [-0.2, -0.15) is 8.78 Å². The summed E-state index contributed by atoms with van der Waals surface area (Å²) in [6, 6.07) is -0.0809. The van der Waals surface area contributed by atoms with Gasteiger partial charge in [-0.05, 0) is 24.3 Å². The molecule has 22 heavy (non-hydrogen) atoms. The zero-order valence-electron chi connectivity index (χ0n) is 11.9. The topological polar surface area (TPSA) is 56.0 Å². The molecule has 3 N–H and O–H groups in total. The van der Waals surface area contributed by atoms with Crippen LogP contribution in [0.5, 0.6) is 0 Å². The number of aromatic nitrogens is 2. The van der Waals surface area contributed by atoms with Gasteiger partial charge in [-0.3, -0.25) is 0 Å². The molecule has 0 unspecified atom stereocenters. The number of nitrogens with zero attached hydrogens (tertiary/aromatic N) is 1. The highest BCUT2D eigenvalue weighted by molar-refractivity contribution is 7.71. The van der Waals surface area contributed by atoms with Crippen LogP contribution in [0.4, 0.5) is 8.78 Å². The second-order valence-corrected chi connectivity index (χ2v) is 5.71. The monoisotopic (exact) mass is 349 g/mol. The van der Waals surface area contributed by atoms with E-state index in [9.17, 15) is 8.78 Å². The molecule has 4 nitrogen and oxygen atoms in total. The first-order chi connectivity index (χ1) is 10.0. The lowest BCUT2D eigenvalue weighted by atomic mass is 9.94. The van der Waals surface area contributed by atoms with E-state index in [0.717, 1.165) is 5.69 Å². The number of alkyl halides is 2. The minimum absolute atomic E-state index is 0. The average molecular weight is 350 g/mol. The van der Waals surface area contributed by atoms with Crippen LogP contribution in [0.3, 0.4) is 0 Å². The van der Waals surface area contributed by atoms with Crippen molar-refractivity contribution in [1.82, 2.24) is 9.55 Å². The van der Waals surface area contributed by atoms with Gasteiger partial charge in [-0.15, -0.1) is 12.4 Å². The first-order valence-electron chi connectivity index (χ1n) is 6.92. The number of hydrogen-bond acceptors (Lipinski definition) is 3. The third-order valence-corrected chi connectivity index (χ3v) is 4.16. The maximum absolute atomic E-state index is 13.8. The Balaban J connectivity index is 0.00000176. The van der Waals surface area contributed by atoms with Crippen LogP contribution in [0.25, 0.3) is 0 Å². The van der Waals surface area contributed by atoms with E-state index in [2.05, 4.69) is 4.98 Å². The second kappa shape index (κ2) is 6.52. The number of halogens is 3. The molecule has 1 aromatic heterocycles. The summed E-state index contributed by atoms with van der Waals surface area (Å²) in [5.41, 5.74) is 7.14. The van der Waals surface area contributed by atoms with Crippen molar-refractivity contribution < 1.29 is 13.5 Å². The average Bonchev–Trinajstić information content (AvgIpc) is 2.79. The summed E-state index contributed by atoms with van der Waals surface area (Å²) in [4.78, 5) is 2.99. The van der Waals surface area contributed by atoms with Gasteiger partial charge < -0.3 is 20.0 Å². The Labute approximate surface area is 138 Å². The van der Waals surface area contributed by atoms with Gasteiger partial charge in [0.15, 0.2) is 10.5 Å². The van der Waals surface area contributed by atoms with E-state index in [1.807, 2.05) is 10.8 Å². The van der Waals surface area contributed by atoms with E-state index < -0.39 is 5.92 Å². The molecule has 122 valence electrons. The lowest BCUT2D eigenvalue weighted by Crippen LogP contribution is -2.32. The van der Waals surface area contributed by atoms with Crippen LogP contribution in [0.15, 0.2) is 29.7 Å². The van der Waals surface area contributed by atoms with E-state index in [1.54, 1.807) is 6.08 Å². The number of allylic oxidation sites excluding steroid dienone is 4. The minimum atomic E-state index is -2.89. The third-order valence-electron chi connectivity index (χ3n) is 3.85. The molecule has 0 amide bonds. The van der Waals surface area contributed by atoms with E-state index in [4.69, 9.17) is 22.7 Å². The van der Waals surface area contributed by atoms with Crippen LogP contribution in [0.1, 0.15) is 24.6 Å². The van der Waals surface area contributed by atoms with Crippen molar-refractivity contribution in [3.8, 4) is 0 Å². The Bertz CT molecular complexity index is 665. The highest BCUT2D eigenvalue weighted by atomic mass is 35.5. The van der Waals surface area contributed by atoms with Crippen molar-refractivity contribution in [2.45, 2.75) is 31.2 Å². The number of H-pyrrole nitrogens is 1. The van der Waals surface area contributed by atoms with E-state index in [-0.39, 0.29) is 37.2 Å². The van der Waals surface area contributed by atoms with Crippen molar-refractivity contribution in [2.75, 3.05) is 13.2 Å². The number of hydrogen-bond donors (Lipinski definition) is 2. The number of nitrogens with two attached hydrogens (primary N) is 1. The number of imidazole rings is 1. The van der Waals surface area contributed by atoms with Crippen molar-refractivity contribution in [3.05, 3.63) is 40.1 Å². The SMILES string of the molecule is Cl.NCCc1c[nH]c(=S)n1[C@H]1COC2=C(C=CCC2(F)F)C1.